The van der Waals surface area contributed by atoms with Gasteiger partial charge in [0, 0.05) is 0 Å². The average molecular weight is 126 g/mol. The third kappa shape index (κ3) is 47.7. The summed E-state index contributed by atoms with van der Waals surface area (Å²) in [5.74, 6) is 0. The van der Waals surface area contributed by atoms with Crippen LogP contribution in [0.15, 0.2) is 5.34 Å². The molecule has 0 radical (unpaired) electrons. The zero-order valence-electron chi connectivity index (χ0n) is 1.71. The summed E-state index contributed by atoms with van der Waals surface area (Å²) in [6.07, 6.45) is 0. The zero-order chi connectivity index (χ0) is 2.71. The van der Waals surface area contributed by atoms with E-state index in [1.165, 1.54) is 5.34 Å². The number of hydrogen-bond acceptors (Lipinski definition) is 2. The predicted molar refractivity (Wildman–Crippen MR) is 23.4 cm³/mol. The van der Waals surface area contributed by atoms with Crippen molar-refractivity contribution in [2.45, 2.75) is 0 Å². The van der Waals surface area contributed by atoms with Crippen molar-refractivity contribution in [3.8, 4) is 0 Å². The second kappa shape index (κ2) is 20.3. The van der Waals surface area contributed by atoms with Gasteiger partial charge in [0.05, 0.1) is 0 Å². The minimum atomic E-state index is 0. The van der Waals surface area contributed by atoms with Gasteiger partial charge in [-0.2, -0.15) is 0 Å². The van der Waals surface area contributed by atoms with E-state index in [-0.39, 0.29) is 50.1 Å². The molecule has 0 fully saturated rings. The molecule has 0 saturated carbocycles. The van der Waals surface area contributed by atoms with Crippen molar-refractivity contribution >= 4 is 50.1 Å². The zero-order valence-corrected chi connectivity index (χ0v) is 2.53. The summed E-state index contributed by atoms with van der Waals surface area (Å²) in [5.41, 5.74) is 0. The van der Waals surface area contributed by atoms with Crippen molar-refractivity contribution in [3.63, 3.8) is 0 Å². The summed E-state index contributed by atoms with van der Waals surface area (Å²) in [5, 5.41) is 7.89. The van der Waals surface area contributed by atoms with E-state index < -0.39 is 0 Å². The number of rotatable bonds is 0. The van der Waals surface area contributed by atoms with Crippen molar-refractivity contribution < 1.29 is 5.21 Å². The van der Waals surface area contributed by atoms with Gasteiger partial charge < -0.3 is 5.21 Å². The molecule has 0 aliphatic rings. The van der Waals surface area contributed by atoms with E-state index in [9.17, 15) is 0 Å². The topological polar surface area (TPSA) is 49.7 Å². The average Bonchev–Trinajstić information content (AvgIpc) is 0.918. The van der Waals surface area contributed by atoms with Crippen molar-refractivity contribution in [2.24, 2.45) is 5.34 Å². The van der Waals surface area contributed by atoms with Gasteiger partial charge in [-0.15, -0.1) is 17.3 Å². The van der Waals surface area contributed by atoms with Gasteiger partial charge in [0.25, 0.3) is 0 Å². The third-order valence-electron chi connectivity index (χ3n) is 0. The maximum atomic E-state index is 8.11. The van der Waals surface area contributed by atoms with Crippen LogP contribution in [0.3, 0.4) is 0 Å². The molecule has 0 aliphatic heterocycles. The molecule has 0 aromatic rings. The van der Waals surface area contributed by atoms with Gasteiger partial charge in [-0.05, 0) is 0 Å². The molecule has 30 valence electrons. The van der Waals surface area contributed by atoms with Gasteiger partial charge >= 0.3 is 37.7 Å². The first kappa shape index (κ1) is 16.8. The van der Waals surface area contributed by atoms with Crippen molar-refractivity contribution in [1.82, 2.24) is 0 Å². The summed E-state index contributed by atoms with van der Waals surface area (Å²) < 4.78 is 0. The van der Waals surface area contributed by atoms with Crippen molar-refractivity contribution in [1.29, 1.82) is 0 Å². The standard InChI is InChI=1S/Ca.ClH.HNO2.2H/c;;2-1-3;;/h;1H;(H,2,3);;. The molecule has 0 aromatic carbocycles. The van der Waals surface area contributed by atoms with E-state index in [1.54, 1.807) is 0 Å². The molecule has 0 saturated heterocycles. The van der Waals surface area contributed by atoms with Crippen LogP contribution >= 0.6 is 12.4 Å². The van der Waals surface area contributed by atoms with E-state index in [2.05, 4.69) is 0 Å². The molecule has 0 rings (SSSR count). The fraction of sp³-hybridized carbons (Fsp3) is 0. The molecular weight excluding hydrogens is 122 g/mol. The van der Waals surface area contributed by atoms with Crippen LogP contribution in [0.25, 0.3) is 0 Å². The van der Waals surface area contributed by atoms with Crippen LogP contribution in [-0.4, -0.2) is 42.9 Å². The molecule has 0 bridgehead atoms. The molecule has 5 heavy (non-hydrogen) atoms. The van der Waals surface area contributed by atoms with Gasteiger partial charge in [-0.25, -0.2) is 0 Å². The Morgan fingerprint density at radius 3 is 1.60 bits per heavy atom. The fourth-order valence-corrected chi connectivity index (χ4v) is 0. The van der Waals surface area contributed by atoms with Crippen LogP contribution in [0.2, 0.25) is 0 Å². The molecule has 1 N–H and O–H groups in total. The van der Waals surface area contributed by atoms with E-state index in [4.69, 9.17) is 10.1 Å². The van der Waals surface area contributed by atoms with Gasteiger partial charge in [0.15, 0.2) is 5.34 Å². The third-order valence-corrected chi connectivity index (χ3v) is 0. The molecule has 0 spiro atoms. The van der Waals surface area contributed by atoms with Gasteiger partial charge in [-0.1, -0.05) is 0 Å². The summed E-state index contributed by atoms with van der Waals surface area (Å²) in [7, 11) is 0. The Morgan fingerprint density at radius 1 is 1.60 bits per heavy atom. The Morgan fingerprint density at radius 2 is 1.60 bits per heavy atom. The molecule has 5 heteroatoms. The van der Waals surface area contributed by atoms with Gasteiger partial charge in [0.2, 0.25) is 0 Å². The summed E-state index contributed by atoms with van der Waals surface area (Å²) in [6.45, 7) is 0. The summed E-state index contributed by atoms with van der Waals surface area (Å²) in [4.78, 5) is 8.11. The predicted octanol–water partition coefficient (Wildman–Crippen LogP) is -0.352. The van der Waals surface area contributed by atoms with E-state index in [0.717, 1.165) is 0 Å². The second-order valence-electron chi connectivity index (χ2n) is 0.0816. The van der Waals surface area contributed by atoms with Crippen LogP contribution in [-0.2, 0) is 0 Å². The van der Waals surface area contributed by atoms with E-state index >= 15 is 0 Å². The minimum absolute atomic E-state index is 0. The van der Waals surface area contributed by atoms with Gasteiger partial charge in [0.1, 0.15) is 0 Å². The van der Waals surface area contributed by atoms with Crippen LogP contribution in [0, 0.1) is 4.91 Å². The first-order valence-corrected chi connectivity index (χ1v) is 0.383. The van der Waals surface area contributed by atoms with Crippen LogP contribution < -0.4 is 0 Å². The van der Waals surface area contributed by atoms with Crippen LogP contribution in [0.1, 0.15) is 0 Å². The van der Waals surface area contributed by atoms with E-state index in [0.29, 0.717) is 0 Å². The molecule has 0 unspecified atom stereocenters. The Bertz CT molecular complexity index is 17.1. The SMILES string of the molecule is Cl.O=NO.[CaH2]. The number of halogens is 1. The van der Waals surface area contributed by atoms with Crippen molar-refractivity contribution in [2.75, 3.05) is 0 Å². The molecule has 0 atom stereocenters. The molecule has 0 amide bonds. The van der Waals surface area contributed by atoms with E-state index in [1.807, 2.05) is 0 Å². The Kier molecular flexibility index (Phi) is 68.1. The Balaban J connectivity index is -0.0000000200. The molecule has 0 aliphatic carbocycles. The van der Waals surface area contributed by atoms with Crippen LogP contribution in [0.4, 0.5) is 0 Å². The molecule has 0 heterocycles. The Hall–Kier alpha value is 0.950. The summed E-state index contributed by atoms with van der Waals surface area (Å²) in [6, 6.07) is 0. The van der Waals surface area contributed by atoms with Gasteiger partial charge in [-0.3, -0.25) is 0 Å². The Labute approximate surface area is 65.1 Å². The normalized spacial score (nSPS) is 2.40. The molecular formula is H4CaClNO2. The summed E-state index contributed by atoms with van der Waals surface area (Å²) >= 11 is 0. The monoisotopic (exact) mass is 125 g/mol. The first-order chi connectivity index (χ1) is 1.41. The van der Waals surface area contributed by atoms with Crippen molar-refractivity contribution in [3.05, 3.63) is 4.91 Å². The van der Waals surface area contributed by atoms with Crippen LogP contribution in [0.5, 0.6) is 0 Å². The molecule has 3 nitrogen and oxygen atoms in total. The number of hydrogen-bond donors (Lipinski definition) is 1. The quantitative estimate of drug-likeness (QED) is 0.273. The first-order valence-electron chi connectivity index (χ1n) is 0.383. The molecule has 0 aromatic heterocycles. The fourth-order valence-electron chi connectivity index (χ4n) is 0. The maximum absolute atomic E-state index is 8.11. The number of nitrogens with zero attached hydrogens (tertiary/aromatic N) is 1. The second-order valence-corrected chi connectivity index (χ2v) is 0.0816.